The summed E-state index contributed by atoms with van der Waals surface area (Å²) in [5.74, 6) is 0. The number of nitrogens with zero attached hydrogens (tertiary/aromatic N) is 9. The van der Waals surface area contributed by atoms with Gasteiger partial charge in [0.05, 0.1) is 0 Å². The molecule has 0 spiro atoms. The molecule has 0 aliphatic carbocycles. The van der Waals surface area contributed by atoms with E-state index in [4.69, 9.17) is 24.9 Å². The van der Waals surface area contributed by atoms with Gasteiger partial charge in [0.15, 0.2) is 0 Å². The summed E-state index contributed by atoms with van der Waals surface area (Å²) in [5, 5.41) is 17.6. The minimum absolute atomic E-state index is 0.785. The Morgan fingerprint density at radius 3 is 1.48 bits per heavy atom. The Labute approximate surface area is 501 Å². The summed E-state index contributed by atoms with van der Waals surface area (Å²) in [5.41, 5.74) is 7.49. The Morgan fingerprint density at radius 1 is 0.329 bits per heavy atom. The molecule has 0 bridgehead atoms. The third-order valence-corrected chi connectivity index (χ3v) is 29.8. The van der Waals surface area contributed by atoms with Gasteiger partial charge in [-0.3, -0.25) is 0 Å². The third-order valence-electron chi connectivity index (χ3n) is 16.8. The number of hydrogen-bond acceptors (Lipinski definition) is 6. The van der Waals surface area contributed by atoms with Crippen LogP contribution in [0, 0.1) is 0 Å². The van der Waals surface area contributed by atoms with Crippen LogP contribution in [0.5, 0.6) is 0 Å². The van der Waals surface area contributed by atoms with E-state index in [-0.39, 0.29) is 0 Å². The van der Waals surface area contributed by atoms with Gasteiger partial charge in [-0.25, -0.2) is 0 Å². The van der Waals surface area contributed by atoms with Crippen molar-refractivity contribution in [3.63, 3.8) is 0 Å². The summed E-state index contributed by atoms with van der Waals surface area (Å²) in [6, 6.07) is 86.1. The van der Waals surface area contributed by atoms with Gasteiger partial charge in [-0.15, -0.1) is 0 Å². The van der Waals surface area contributed by atoms with E-state index >= 15 is 0 Å². The Kier molecular flexibility index (Phi) is 11.6. The van der Waals surface area contributed by atoms with Gasteiger partial charge in [0.2, 0.25) is 0 Å². The number of rotatable bonds is 6. The fourth-order valence-corrected chi connectivity index (χ4v) is 23.6. The minimum atomic E-state index is -2.54. The van der Waals surface area contributed by atoms with Crippen LogP contribution in [0.4, 0.5) is 0 Å². The number of aromatic nitrogens is 9. The SMILES string of the molecule is [Se]=P(c1ccc2ccccc2c1)(c1ncc2ccccc2n1)c1cncc2c1c1ccccc1n1c3ccccc3nc21.[Se]=P(c1ccncc1)(c1cccc2c1c1ccccc1n1c3ccccc3nc21)n1c2ccccc2c2ccccc21. The van der Waals surface area contributed by atoms with E-state index in [1.165, 1.54) is 54.0 Å². The summed E-state index contributed by atoms with van der Waals surface area (Å²) in [7, 11) is 0. The summed E-state index contributed by atoms with van der Waals surface area (Å²) < 4.78 is 7.17. The van der Waals surface area contributed by atoms with Gasteiger partial charge in [0, 0.05) is 0 Å². The maximum atomic E-state index is 5.22. The van der Waals surface area contributed by atoms with E-state index in [9.17, 15) is 0 Å². The molecule has 0 radical (unpaired) electrons. The number of para-hydroxylation sites is 9. The topological polar surface area (TPSA) is 91.1 Å². The van der Waals surface area contributed by atoms with Crippen LogP contribution in [-0.2, 0) is 0 Å². The molecular weight excluding hydrogens is 1210 g/mol. The monoisotopic (exact) mass is 1260 g/mol. The van der Waals surface area contributed by atoms with Gasteiger partial charge < -0.3 is 0 Å². The van der Waals surface area contributed by atoms with Crippen LogP contribution in [0.25, 0.3) is 120 Å². The number of pyridine rings is 4. The number of fused-ring (bicyclic) bond motifs is 21. The summed E-state index contributed by atoms with van der Waals surface area (Å²) in [6.45, 7) is 0. The van der Waals surface area contributed by atoms with Crippen molar-refractivity contribution in [1.29, 1.82) is 0 Å². The number of imidazole rings is 2. The average molecular weight is 1260 g/mol. The quantitative estimate of drug-likeness (QED) is 0.0936. The molecule has 9 nitrogen and oxygen atoms in total. The van der Waals surface area contributed by atoms with Gasteiger partial charge in [-0.05, 0) is 0 Å². The molecule has 0 amide bonds. The van der Waals surface area contributed by atoms with Crippen molar-refractivity contribution in [3.05, 3.63) is 274 Å². The van der Waals surface area contributed by atoms with Crippen molar-refractivity contribution in [3.8, 4) is 0 Å². The van der Waals surface area contributed by atoms with Crippen LogP contribution in [0.2, 0.25) is 0 Å². The predicted molar refractivity (Wildman–Crippen MR) is 359 cm³/mol. The predicted octanol–water partition coefficient (Wildman–Crippen LogP) is 14.5. The molecule has 10 aromatic carbocycles. The van der Waals surface area contributed by atoms with E-state index in [0.717, 1.165) is 93.0 Å². The molecular formula is C72H45N9P2Se2. The van der Waals surface area contributed by atoms with Crippen LogP contribution in [0.1, 0.15) is 0 Å². The fraction of sp³-hybridized carbons (Fsp3) is 0. The molecule has 0 aliphatic rings. The Morgan fingerprint density at radius 2 is 0.835 bits per heavy atom. The van der Waals surface area contributed by atoms with E-state index in [0.29, 0.717) is 0 Å². The molecule has 2 unspecified atom stereocenters. The van der Waals surface area contributed by atoms with Crippen LogP contribution >= 0.6 is 11.2 Å². The molecule has 13 heteroatoms. The Balaban J connectivity index is 0.000000133. The molecule has 400 valence electrons. The first-order valence-electron chi connectivity index (χ1n) is 28.0. The summed E-state index contributed by atoms with van der Waals surface area (Å²) in [4.78, 5) is 29.9. The van der Waals surface area contributed by atoms with Crippen molar-refractivity contribution in [1.82, 2.24) is 43.0 Å². The molecule has 0 aliphatic heterocycles. The molecule has 85 heavy (non-hydrogen) atoms. The fourth-order valence-electron chi connectivity index (χ4n) is 13.0. The van der Waals surface area contributed by atoms with Crippen molar-refractivity contribution >= 4 is 188 Å². The standard InChI is InChI=1S/C36H22N5PSe.C36H23N4PSe/c43-42(26-18-17-23-9-1-2-10-24(23)19-26,36-38-20-25-11-3-5-13-29(25)40-36)33-22-37-21-28-34(33)27-12-4-7-15-31(27)41-32-16-8-6-14-30(32)39-35(28)41;42-41(24-20-22-37-23-21-24,40-31-16-6-1-10-25(31)26-11-2-7-17-32(26)40)34-19-9-13-28-35(34)27-12-3-5-15-30(27)39-33-18-8-4-14-29(33)38-36(28)39/h1-22H;1-23H. The van der Waals surface area contributed by atoms with Crippen molar-refractivity contribution < 1.29 is 0 Å². The van der Waals surface area contributed by atoms with Gasteiger partial charge >= 0.3 is 505 Å². The van der Waals surface area contributed by atoms with Crippen LogP contribution in [0.15, 0.2) is 274 Å². The van der Waals surface area contributed by atoms with Gasteiger partial charge in [0.25, 0.3) is 0 Å². The number of benzene rings is 10. The zero-order valence-electron chi connectivity index (χ0n) is 45.2. The Bertz CT molecular complexity index is 5780. The second-order valence-corrected chi connectivity index (χ2v) is 33.3. The molecule has 0 N–H and O–H groups in total. The van der Waals surface area contributed by atoms with Crippen LogP contribution < -0.4 is 26.8 Å². The first-order valence-corrected chi connectivity index (χ1v) is 36.0. The molecule has 18 aromatic rings. The van der Waals surface area contributed by atoms with E-state index in [1.807, 2.05) is 49.2 Å². The zero-order chi connectivity index (χ0) is 56.4. The van der Waals surface area contributed by atoms with E-state index < -0.39 is 11.2 Å². The van der Waals surface area contributed by atoms with E-state index in [2.05, 4.69) is 273 Å². The summed E-state index contributed by atoms with van der Waals surface area (Å²) in [6.07, 6.45) is 9.75. The van der Waals surface area contributed by atoms with E-state index in [1.54, 1.807) is 0 Å². The summed E-state index contributed by atoms with van der Waals surface area (Å²) >= 11 is 7.58. The van der Waals surface area contributed by atoms with Crippen molar-refractivity contribution in [2.75, 3.05) is 0 Å². The molecule has 0 saturated heterocycles. The van der Waals surface area contributed by atoms with Crippen LogP contribution in [0.3, 0.4) is 0 Å². The molecule has 2 atom stereocenters. The Hall–Kier alpha value is -9.26. The van der Waals surface area contributed by atoms with Crippen molar-refractivity contribution in [2.45, 2.75) is 0 Å². The second kappa shape index (κ2) is 19.7. The average Bonchev–Trinajstić information content (AvgIpc) is 1.89. The first kappa shape index (κ1) is 50.3. The molecule has 18 rings (SSSR count). The first-order chi connectivity index (χ1) is 41.9. The van der Waals surface area contributed by atoms with Crippen molar-refractivity contribution in [2.24, 2.45) is 0 Å². The molecule has 0 fully saturated rings. The van der Waals surface area contributed by atoms with Gasteiger partial charge in [0.1, 0.15) is 0 Å². The maximum absolute atomic E-state index is 5.22. The van der Waals surface area contributed by atoms with Crippen LogP contribution in [-0.4, -0.2) is 73.2 Å². The molecule has 8 heterocycles. The normalized spacial score (nSPS) is 13.5. The second-order valence-electron chi connectivity index (χ2n) is 21.3. The molecule has 0 saturated carbocycles. The third kappa shape index (κ3) is 7.56. The zero-order valence-corrected chi connectivity index (χ0v) is 50.4. The molecule has 8 aromatic heterocycles. The number of hydrogen-bond donors (Lipinski definition) is 0. The van der Waals surface area contributed by atoms with Gasteiger partial charge in [-0.2, -0.15) is 0 Å². The van der Waals surface area contributed by atoms with Gasteiger partial charge in [-0.1, -0.05) is 0 Å².